The zero-order valence-electron chi connectivity index (χ0n) is 32.7. The van der Waals surface area contributed by atoms with Crippen molar-refractivity contribution in [3.63, 3.8) is 0 Å². The SMILES string of the molecule is Cc1cccc(N2CCN(C(=O)CCc3nc4ccccc4c(=O)[nH]3)CC2)n1.Cc1cccc(N2CCNCC2)n1.Cl.O=C(O)CCc1nc2ccccc2c(=O)[nH]1. The number of halogens is 1. The monoisotopic (exact) mass is 808 g/mol. The molecule has 1 amide bonds. The first kappa shape index (κ1) is 42.9. The van der Waals surface area contributed by atoms with Gasteiger partial charge in [0.2, 0.25) is 5.91 Å². The molecule has 6 heterocycles. The van der Waals surface area contributed by atoms with Crippen LogP contribution in [0.1, 0.15) is 35.9 Å². The summed E-state index contributed by atoms with van der Waals surface area (Å²) in [4.78, 5) is 76.2. The zero-order valence-corrected chi connectivity index (χ0v) is 33.5. The summed E-state index contributed by atoms with van der Waals surface area (Å²) in [5.41, 5.74) is 2.95. The molecule has 0 bridgehead atoms. The average molecular weight is 809 g/mol. The molecule has 2 aliphatic heterocycles. The van der Waals surface area contributed by atoms with Crippen molar-refractivity contribution < 1.29 is 14.7 Å². The first-order valence-corrected chi connectivity index (χ1v) is 19.2. The molecule has 0 saturated carbocycles. The third-order valence-electron chi connectivity index (χ3n) is 9.62. The third-order valence-corrected chi connectivity index (χ3v) is 9.62. The van der Waals surface area contributed by atoms with E-state index in [0.29, 0.717) is 59.4 Å². The van der Waals surface area contributed by atoms with Crippen molar-refractivity contribution in [1.82, 2.24) is 40.1 Å². The highest BCUT2D eigenvalue weighted by molar-refractivity contribution is 5.85. The van der Waals surface area contributed by atoms with Crippen molar-refractivity contribution in [3.05, 3.63) is 129 Å². The number of carbonyl (C=O) groups excluding carboxylic acids is 1. The Hall–Kier alpha value is -6.19. The molecule has 58 heavy (non-hydrogen) atoms. The average Bonchev–Trinajstić information content (AvgIpc) is 3.23. The number of piperazine rings is 2. The number of amides is 1. The Kier molecular flexibility index (Phi) is 15.4. The van der Waals surface area contributed by atoms with E-state index in [4.69, 9.17) is 5.11 Å². The molecule has 0 unspecified atom stereocenters. The van der Waals surface area contributed by atoms with E-state index in [1.54, 1.807) is 30.3 Å². The molecule has 0 atom stereocenters. The molecule has 2 fully saturated rings. The minimum absolute atomic E-state index is 0. The number of carbonyl (C=O) groups is 2. The number of carboxylic acids is 1. The van der Waals surface area contributed by atoms with E-state index in [2.05, 4.69) is 57.2 Å². The molecule has 0 radical (unpaired) electrons. The molecular weight excluding hydrogens is 760 g/mol. The highest BCUT2D eigenvalue weighted by atomic mass is 35.5. The summed E-state index contributed by atoms with van der Waals surface area (Å²) >= 11 is 0. The number of rotatable bonds is 8. The Bertz CT molecular complexity index is 2430. The van der Waals surface area contributed by atoms with E-state index >= 15 is 0 Å². The van der Waals surface area contributed by atoms with E-state index in [-0.39, 0.29) is 42.3 Å². The van der Waals surface area contributed by atoms with Gasteiger partial charge in [-0.3, -0.25) is 19.2 Å². The number of fused-ring (bicyclic) bond motifs is 2. The van der Waals surface area contributed by atoms with Gasteiger partial charge in [-0.1, -0.05) is 36.4 Å². The smallest absolute Gasteiger partial charge is 0.303 e. The van der Waals surface area contributed by atoms with Crippen LogP contribution in [0.25, 0.3) is 21.8 Å². The maximum Gasteiger partial charge on any atom is 0.303 e. The van der Waals surface area contributed by atoms with Crippen molar-refractivity contribution >= 4 is 57.7 Å². The molecule has 4 aromatic heterocycles. The summed E-state index contributed by atoms with van der Waals surface area (Å²) in [6.45, 7) is 11.2. The second-order valence-electron chi connectivity index (χ2n) is 13.8. The van der Waals surface area contributed by atoms with Gasteiger partial charge in [0.1, 0.15) is 23.3 Å². The number of para-hydroxylation sites is 2. The number of hydrogen-bond donors (Lipinski definition) is 4. The molecule has 2 aromatic carbocycles. The Morgan fingerprint density at radius 1 is 0.603 bits per heavy atom. The van der Waals surface area contributed by atoms with Gasteiger partial charge in [-0.05, 0) is 62.4 Å². The summed E-state index contributed by atoms with van der Waals surface area (Å²) in [6, 6.07) is 26.4. The first-order chi connectivity index (χ1) is 27.6. The van der Waals surface area contributed by atoms with Gasteiger partial charge in [-0.15, -0.1) is 12.4 Å². The van der Waals surface area contributed by atoms with Crippen molar-refractivity contribution in [3.8, 4) is 0 Å². The van der Waals surface area contributed by atoms with Crippen molar-refractivity contribution in [2.45, 2.75) is 39.5 Å². The third kappa shape index (κ3) is 11.9. The summed E-state index contributed by atoms with van der Waals surface area (Å²) in [7, 11) is 0. The van der Waals surface area contributed by atoms with E-state index in [1.807, 2.05) is 61.2 Å². The van der Waals surface area contributed by atoms with Crippen LogP contribution >= 0.6 is 12.4 Å². The topological polar surface area (TPSA) is 193 Å². The highest BCUT2D eigenvalue weighted by Crippen LogP contribution is 2.16. The van der Waals surface area contributed by atoms with Gasteiger partial charge in [0.15, 0.2) is 0 Å². The zero-order chi connectivity index (χ0) is 40.1. The summed E-state index contributed by atoms with van der Waals surface area (Å²) in [6.07, 6.45) is 0.958. The predicted molar refractivity (Wildman–Crippen MR) is 228 cm³/mol. The van der Waals surface area contributed by atoms with Gasteiger partial charge in [0.05, 0.1) is 28.2 Å². The first-order valence-electron chi connectivity index (χ1n) is 19.2. The molecule has 2 saturated heterocycles. The predicted octanol–water partition coefficient (Wildman–Crippen LogP) is 4.07. The van der Waals surface area contributed by atoms with Gasteiger partial charge < -0.3 is 35.1 Å². The molecule has 15 nitrogen and oxygen atoms in total. The normalized spacial score (nSPS) is 13.8. The largest absolute Gasteiger partial charge is 0.481 e. The van der Waals surface area contributed by atoms with Crippen LogP contribution in [0.3, 0.4) is 0 Å². The van der Waals surface area contributed by atoms with Crippen LogP contribution in [0, 0.1) is 13.8 Å². The molecule has 16 heteroatoms. The van der Waals surface area contributed by atoms with Gasteiger partial charge in [0.25, 0.3) is 11.1 Å². The van der Waals surface area contributed by atoms with Crippen LogP contribution in [0.15, 0.2) is 94.5 Å². The number of anilines is 2. The molecule has 6 aromatic rings. The van der Waals surface area contributed by atoms with Crippen LogP contribution in [0.2, 0.25) is 0 Å². The van der Waals surface area contributed by atoms with E-state index in [0.717, 1.165) is 62.3 Å². The van der Waals surface area contributed by atoms with E-state index < -0.39 is 5.97 Å². The Morgan fingerprint density at radius 3 is 1.55 bits per heavy atom. The van der Waals surface area contributed by atoms with E-state index in [1.165, 1.54) is 0 Å². The fourth-order valence-corrected chi connectivity index (χ4v) is 6.60. The van der Waals surface area contributed by atoms with E-state index in [9.17, 15) is 19.2 Å². The molecule has 0 spiro atoms. The molecule has 8 rings (SSSR count). The summed E-state index contributed by atoms with van der Waals surface area (Å²) in [5, 5.41) is 13.0. The van der Waals surface area contributed by atoms with Crippen molar-refractivity contribution in [2.24, 2.45) is 0 Å². The standard InChI is InChI=1S/C21H23N5O2.C11H10N2O3.C10H15N3.ClH/c1-15-5-4-8-19(22-15)25-11-13-26(14-12-25)20(27)10-9-18-23-17-7-3-2-6-16(17)21(28)24-18;14-10(15)6-5-9-12-8-4-2-1-3-7(8)11(16)13-9;1-9-3-2-4-10(12-9)13-7-5-11-6-8-13;/h2-8H,9-14H2,1H3,(H,23,24,28);1-4H,5-6H2,(H,14,15)(H,12,13,16);2-4,11H,5-8H2,1H3;1H. The number of pyridine rings is 2. The van der Waals surface area contributed by atoms with Crippen LogP contribution < -0.4 is 26.2 Å². The Balaban J connectivity index is 0.000000181. The minimum atomic E-state index is -0.907. The highest BCUT2D eigenvalue weighted by Gasteiger charge is 2.22. The van der Waals surface area contributed by atoms with Gasteiger partial charge in [0, 0.05) is 83.0 Å². The lowest BCUT2D eigenvalue weighted by atomic mass is 10.2. The lowest BCUT2D eigenvalue weighted by molar-refractivity contribution is -0.137. The fourth-order valence-electron chi connectivity index (χ4n) is 6.60. The number of nitrogens with zero attached hydrogens (tertiary/aromatic N) is 7. The number of nitrogens with one attached hydrogen (secondary N) is 3. The molecule has 304 valence electrons. The summed E-state index contributed by atoms with van der Waals surface area (Å²) in [5.74, 6) is 2.22. The number of carboxylic acid groups (broad SMARTS) is 1. The van der Waals surface area contributed by atoms with Gasteiger partial charge in [-0.25, -0.2) is 19.9 Å². The maximum atomic E-state index is 12.6. The molecule has 2 aliphatic rings. The minimum Gasteiger partial charge on any atom is -0.481 e. The van der Waals surface area contributed by atoms with Gasteiger partial charge in [-0.2, -0.15) is 0 Å². The van der Waals surface area contributed by atoms with Gasteiger partial charge >= 0.3 is 5.97 Å². The lowest BCUT2D eigenvalue weighted by Crippen LogP contribution is -2.49. The number of H-pyrrole nitrogens is 2. The molecule has 0 aliphatic carbocycles. The number of hydrogen-bond acceptors (Lipinski definition) is 11. The molecular formula is C42H49ClN10O5. The van der Waals surface area contributed by atoms with Crippen molar-refractivity contribution in [2.75, 3.05) is 62.2 Å². The summed E-state index contributed by atoms with van der Waals surface area (Å²) < 4.78 is 0. The number of benzene rings is 2. The second-order valence-corrected chi connectivity index (χ2v) is 13.8. The lowest BCUT2D eigenvalue weighted by Gasteiger charge is -2.35. The number of aliphatic carboxylic acids is 1. The quantitative estimate of drug-likeness (QED) is 0.173. The van der Waals surface area contributed by atoms with Crippen LogP contribution in [-0.2, 0) is 22.4 Å². The molecule has 4 N–H and O–H groups in total. The number of aryl methyl sites for hydroxylation is 4. The number of aromatic amines is 2. The maximum absolute atomic E-state index is 12.6. The van der Waals surface area contributed by atoms with Crippen LogP contribution in [0.4, 0.5) is 11.6 Å². The second kappa shape index (κ2) is 20.8. The number of aromatic nitrogens is 6. The Morgan fingerprint density at radius 2 is 1.07 bits per heavy atom. The van der Waals surface area contributed by atoms with Crippen molar-refractivity contribution in [1.29, 1.82) is 0 Å². The van der Waals surface area contributed by atoms with Crippen LogP contribution in [-0.4, -0.2) is 104 Å². The van der Waals surface area contributed by atoms with Crippen LogP contribution in [0.5, 0.6) is 0 Å². The fraction of sp³-hybridized carbons (Fsp3) is 0.333. The Labute approximate surface area is 342 Å².